The van der Waals surface area contributed by atoms with E-state index in [4.69, 9.17) is 4.74 Å². The van der Waals surface area contributed by atoms with Gasteiger partial charge in [0.2, 0.25) is 5.88 Å². The third kappa shape index (κ3) is 5.52. The monoisotopic (exact) mass is 333 g/mol. The zero-order valence-corrected chi connectivity index (χ0v) is 14.6. The van der Waals surface area contributed by atoms with Crippen LogP contribution in [0.4, 0.5) is 0 Å². The fourth-order valence-electron chi connectivity index (χ4n) is 2.06. The molecule has 0 aliphatic carbocycles. The molecule has 23 heavy (non-hydrogen) atoms. The van der Waals surface area contributed by atoms with Crippen LogP contribution in [0.15, 0.2) is 28.7 Å². The van der Waals surface area contributed by atoms with E-state index in [2.05, 4.69) is 31.0 Å². The zero-order chi connectivity index (χ0) is 16.5. The van der Waals surface area contributed by atoms with Gasteiger partial charge in [-0.15, -0.1) is 11.3 Å². The summed E-state index contributed by atoms with van der Waals surface area (Å²) in [5.41, 5.74) is 2.12. The second-order valence-electron chi connectivity index (χ2n) is 4.86. The lowest BCUT2D eigenvalue weighted by Gasteiger charge is -2.13. The lowest BCUT2D eigenvalue weighted by molar-refractivity contribution is 0.322. The van der Waals surface area contributed by atoms with Crippen LogP contribution in [0.2, 0.25) is 0 Å². The number of thiazole rings is 1. The smallest absolute Gasteiger partial charge is 0.218 e. The molecule has 0 aromatic carbocycles. The Morgan fingerprint density at radius 1 is 1.39 bits per heavy atom. The van der Waals surface area contributed by atoms with Crippen molar-refractivity contribution in [3.05, 3.63) is 40.0 Å². The van der Waals surface area contributed by atoms with E-state index < -0.39 is 0 Å². The molecule has 2 aromatic heterocycles. The minimum Gasteiger partial charge on any atom is -0.478 e. The normalized spacial score (nSPS) is 11.3. The highest BCUT2D eigenvalue weighted by atomic mass is 32.1. The Kier molecular flexibility index (Phi) is 6.80. The summed E-state index contributed by atoms with van der Waals surface area (Å²) in [6, 6.07) is 3.90. The number of guanidine groups is 1. The van der Waals surface area contributed by atoms with Crippen molar-refractivity contribution in [2.45, 2.75) is 26.8 Å². The van der Waals surface area contributed by atoms with Gasteiger partial charge in [-0.25, -0.2) is 9.97 Å². The molecule has 0 unspecified atom stereocenters. The van der Waals surface area contributed by atoms with Crippen LogP contribution in [0.5, 0.6) is 5.88 Å². The van der Waals surface area contributed by atoms with Gasteiger partial charge < -0.3 is 15.4 Å². The first-order valence-corrected chi connectivity index (χ1v) is 8.53. The van der Waals surface area contributed by atoms with Crippen molar-refractivity contribution in [1.82, 2.24) is 20.6 Å². The quantitative estimate of drug-likeness (QED) is 0.600. The molecule has 124 valence electrons. The molecule has 0 amide bonds. The molecule has 0 fully saturated rings. The Balaban J connectivity index is 1.81. The van der Waals surface area contributed by atoms with Gasteiger partial charge in [0.25, 0.3) is 0 Å². The van der Waals surface area contributed by atoms with E-state index in [1.54, 1.807) is 24.6 Å². The highest BCUT2D eigenvalue weighted by Crippen LogP contribution is 2.13. The molecule has 2 N–H and O–H groups in total. The predicted octanol–water partition coefficient (Wildman–Crippen LogP) is 2.15. The molecule has 0 saturated heterocycles. The first-order chi connectivity index (χ1) is 11.2. The van der Waals surface area contributed by atoms with Gasteiger partial charge in [0.15, 0.2) is 5.96 Å². The maximum absolute atomic E-state index is 5.53. The molecule has 2 rings (SSSR count). The van der Waals surface area contributed by atoms with Gasteiger partial charge in [-0.1, -0.05) is 6.07 Å². The van der Waals surface area contributed by atoms with Crippen LogP contribution in [-0.2, 0) is 13.0 Å². The number of aliphatic imine (C=N–C) groups is 1. The topological polar surface area (TPSA) is 71.4 Å². The number of aryl methyl sites for hydroxylation is 1. The maximum atomic E-state index is 5.53. The standard InChI is InChI=1S/C16H23N5OS/c1-4-22-15-13(6-5-8-18-15)10-20-16(17-3)19-9-7-14-11-23-12(2)21-14/h5-6,8,11H,4,7,9-10H2,1-3H3,(H2,17,19,20). The molecular formula is C16H23N5OS. The lowest BCUT2D eigenvalue weighted by atomic mass is 10.2. The largest absolute Gasteiger partial charge is 0.478 e. The summed E-state index contributed by atoms with van der Waals surface area (Å²) in [5, 5.41) is 9.76. The van der Waals surface area contributed by atoms with Crippen molar-refractivity contribution >= 4 is 17.3 Å². The number of nitrogens with zero attached hydrogens (tertiary/aromatic N) is 3. The molecular weight excluding hydrogens is 310 g/mol. The van der Waals surface area contributed by atoms with Crippen molar-refractivity contribution in [3.8, 4) is 5.88 Å². The van der Waals surface area contributed by atoms with Crippen molar-refractivity contribution in [1.29, 1.82) is 0 Å². The molecule has 0 radical (unpaired) electrons. The van der Waals surface area contributed by atoms with E-state index in [9.17, 15) is 0 Å². The first-order valence-electron chi connectivity index (χ1n) is 7.65. The van der Waals surface area contributed by atoms with Crippen molar-refractivity contribution in [3.63, 3.8) is 0 Å². The number of nitrogens with one attached hydrogen (secondary N) is 2. The predicted molar refractivity (Wildman–Crippen MR) is 94.2 cm³/mol. The van der Waals surface area contributed by atoms with Gasteiger partial charge in [-0.2, -0.15) is 0 Å². The summed E-state index contributed by atoms with van der Waals surface area (Å²) in [7, 11) is 1.76. The summed E-state index contributed by atoms with van der Waals surface area (Å²) in [6.45, 7) is 5.97. The average Bonchev–Trinajstić information content (AvgIpc) is 2.97. The van der Waals surface area contributed by atoms with Gasteiger partial charge in [0.1, 0.15) is 0 Å². The third-order valence-corrected chi connectivity index (χ3v) is 3.96. The molecule has 7 heteroatoms. The molecule has 0 aliphatic rings. The van der Waals surface area contributed by atoms with Crippen LogP contribution in [0.3, 0.4) is 0 Å². The Bertz CT molecular complexity index is 641. The zero-order valence-electron chi connectivity index (χ0n) is 13.8. The molecule has 0 atom stereocenters. The van der Waals surface area contributed by atoms with E-state index in [0.29, 0.717) is 19.0 Å². The molecule has 0 aliphatic heterocycles. The number of rotatable bonds is 7. The van der Waals surface area contributed by atoms with E-state index in [0.717, 1.165) is 35.2 Å². The van der Waals surface area contributed by atoms with Gasteiger partial charge in [0, 0.05) is 43.7 Å². The SMILES string of the molecule is CCOc1ncccc1CNC(=NC)NCCc1csc(C)n1. The second-order valence-corrected chi connectivity index (χ2v) is 5.92. The van der Waals surface area contributed by atoms with Crippen LogP contribution in [0.1, 0.15) is 23.2 Å². The summed E-state index contributed by atoms with van der Waals surface area (Å²) in [5.74, 6) is 1.42. The highest BCUT2D eigenvalue weighted by Gasteiger charge is 2.05. The first kappa shape index (κ1) is 17.2. The van der Waals surface area contributed by atoms with E-state index in [1.807, 2.05) is 26.0 Å². The number of hydrogen-bond acceptors (Lipinski definition) is 5. The van der Waals surface area contributed by atoms with Crippen molar-refractivity contribution in [2.75, 3.05) is 20.2 Å². The number of aromatic nitrogens is 2. The van der Waals surface area contributed by atoms with E-state index in [1.165, 1.54) is 0 Å². The van der Waals surface area contributed by atoms with E-state index in [-0.39, 0.29) is 0 Å². The Morgan fingerprint density at radius 3 is 2.96 bits per heavy atom. The van der Waals surface area contributed by atoms with Gasteiger partial charge in [-0.3, -0.25) is 4.99 Å². The van der Waals surface area contributed by atoms with Gasteiger partial charge >= 0.3 is 0 Å². The van der Waals surface area contributed by atoms with Gasteiger partial charge in [-0.05, 0) is 19.9 Å². The molecule has 6 nitrogen and oxygen atoms in total. The summed E-state index contributed by atoms with van der Waals surface area (Å²) < 4.78 is 5.53. The van der Waals surface area contributed by atoms with E-state index >= 15 is 0 Å². The summed E-state index contributed by atoms with van der Waals surface area (Å²) in [4.78, 5) is 12.9. The Morgan fingerprint density at radius 2 is 2.26 bits per heavy atom. The molecule has 2 heterocycles. The summed E-state index contributed by atoms with van der Waals surface area (Å²) >= 11 is 1.68. The summed E-state index contributed by atoms with van der Waals surface area (Å²) in [6.07, 6.45) is 2.61. The molecule has 0 bridgehead atoms. The lowest BCUT2D eigenvalue weighted by Crippen LogP contribution is -2.38. The second kappa shape index (κ2) is 9.09. The Labute approximate surface area is 141 Å². The van der Waals surface area contributed by atoms with Crippen LogP contribution < -0.4 is 15.4 Å². The number of hydrogen-bond donors (Lipinski definition) is 2. The minimum absolute atomic E-state index is 0.601. The molecule has 0 spiro atoms. The fourth-order valence-corrected chi connectivity index (χ4v) is 2.70. The van der Waals surface area contributed by atoms with Crippen LogP contribution >= 0.6 is 11.3 Å². The molecule has 0 saturated carbocycles. The van der Waals surface area contributed by atoms with Crippen molar-refractivity contribution < 1.29 is 4.74 Å². The average molecular weight is 333 g/mol. The van der Waals surface area contributed by atoms with Crippen LogP contribution in [0.25, 0.3) is 0 Å². The van der Waals surface area contributed by atoms with Crippen LogP contribution in [-0.4, -0.2) is 36.1 Å². The minimum atomic E-state index is 0.601. The third-order valence-electron chi connectivity index (χ3n) is 3.14. The number of pyridine rings is 1. The van der Waals surface area contributed by atoms with Crippen molar-refractivity contribution in [2.24, 2.45) is 4.99 Å². The fraction of sp³-hybridized carbons (Fsp3) is 0.438. The number of ether oxygens (including phenoxy) is 1. The Hall–Kier alpha value is -2.15. The highest BCUT2D eigenvalue weighted by molar-refractivity contribution is 7.09. The van der Waals surface area contributed by atoms with Gasteiger partial charge in [0.05, 0.1) is 17.3 Å². The molecule has 2 aromatic rings. The van der Waals surface area contributed by atoms with Crippen LogP contribution in [0, 0.1) is 6.92 Å². The maximum Gasteiger partial charge on any atom is 0.218 e.